The molecule has 0 aliphatic carbocycles. The topological polar surface area (TPSA) is 86.8 Å². The number of rotatable bonds is 9. The second kappa shape index (κ2) is 10.3. The number of benzene rings is 2. The van der Waals surface area contributed by atoms with E-state index in [9.17, 15) is 26.8 Å². The van der Waals surface area contributed by atoms with Gasteiger partial charge in [0.05, 0.1) is 11.9 Å². The normalized spacial score (nSPS) is 12.2. The number of anilines is 1. The molecule has 0 spiro atoms. The fourth-order valence-corrected chi connectivity index (χ4v) is 3.76. The lowest BCUT2D eigenvalue weighted by atomic mass is 10.1. The van der Waals surface area contributed by atoms with Crippen LogP contribution in [0.5, 0.6) is 0 Å². The number of hydrogen-bond donors (Lipinski definition) is 1. The third-order valence-corrected chi connectivity index (χ3v) is 5.72. The molecule has 0 aliphatic heterocycles. The van der Waals surface area contributed by atoms with Crippen LogP contribution in [-0.4, -0.2) is 50.5 Å². The van der Waals surface area contributed by atoms with E-state index in [1.807, 2.05) is 0 Å². The molecule has 168 valence electrons. The average molecular weight is 454 g/mol. The van der Waals surface area contributed by atoms with Crippen LogP contribution in [0, 0.1) is 11.6 Å². The monoisotopic (exact) mass is 453 g/mol. The number of sulfonamides is 1. The second-order valence-corrected chi connectivity index (χ2v) is 8.87. The maximum Gasteiger partial charge on any atom is 0.244 e. The van der Waals surface area contributed by atoms with Gasteiger partial charge in [-0.25, -0.2) is 17.2 Å². The van der Waals surface area contributed by atoms with Gasteiger partial charge in [-0.1, -0.05) is 12.1 Å². The lowest BCUT2D eigenvalue weighted by Crippen LogP contribution is -2.51. The first-order valence-electron chi connectivity index (χ1n) is 9.57. The van der Waals surface area contributed by atoms with E-state index in [1.165, 1.54) is 48.2 Å². The van der Waals surface area contributed by atoms with Crippen molar-refractivity contribution in [1.29, 1.82) is 0 Å². The van der Waals surface area contributed by atoms with Crippen molar-refractivity contribution in [2.75, 3.05) is 23.7 Å². The van der Waals surface area contributed by atoms with Gasteiger partial charge in [-0.05, 0) is 55.8 Å². The fraction of sp³-hybridized carbons (Fsp3) is 0.333. The molecular formula is C21H25F2N3O4S. The number of nitrogens with one attached hydrogen (secondary N) is 1. The van der Waals surface area contributed by atoms with Crippen LogP contribution in [0.2, 0.25) is 0 Å². The lowest BCUT2D eigenvalue weighted by molar-refractivity contribution is -0.139. The van der Waals surface area contributed by atoms with E-state index in [1.54, 1.807) is 6.92 Å². The second-order valence-electron chi connectivity index (χ2n) is 6.96. The third-order valence-electron chi connectivity index (χ3n) is 4.58. The van der Waals surface area contributed by atoms with Crippen LogP contribution in [0.4, 0.5) is 14.5 Å². The number of nitrogens with zero attached hydrogens (tertiary/aromatic N) is 2. The quantitative estimate of drug-likeness (QED) is 0.631. The number of halogens is 2. The van der Waals surface area contributed by atoms with Gasteiger partial charge in [-0.3, -0.25) is 13.9 Å². The number of hydrogen-bond acceptors (Lipinski definition) is 4. The maximum absolute atomic E-state index is 13.3. The molecule has 0 aliphatic rings. The Morgan fingerprint density at radius 3 is 2.00 bits per heavy atom. The first-order chi connectivity index (χ1) is 14.5. The van der Waals surface area contributed by atoms with Crippen molar-refractivity contribution in [1.82, 2.24) is 10.2 Å². The Bertz CT molecular complexity index is 1010. The molecule has 2 aromatic rings. The third kappa shape index (κ3) is 6.74. The summed E-state index contributed by atoms with van der Waals surface area (Å²) in [5.41, 5.74) is 0.684. The molecule has 7 nitrogen and oxygen atoms in total. The fourth-order valence-electron chi connectivity index (χ4n) is 2.91. The molecule has 2 amide bonds. The number of likely N-dealkylation sites (N-methyl/N-ethyl adjacent to an activating group) is 1. The van der Waals surface area contributed by atoms with E-state index < -0.39 is 46.1 Å². The SMILES string of the molecule is CCNC(=O)[C@H](C)N(Cc1ccc(F)cc1)C(=O)CN(c1ccc(F)cc1)S(C)(=O)=O. The van der Waals surface area contributed by atoms with Crippen molar-refractivity contribution in [3.05, 3.63) is 65.7 Å². The Hall–Kier alpha value is -3.01. The van der Waals surface area contributed by atoms with Crippen molar-refractivity contribution in [3.63, 3.8) is 0 Å². The van der Waals surface area contributed by atoms with Crippen LogP contribution >= 0.6 is 0 Å². The van der Waals surface area contributed by atoms with E-state index in [-0.39, 0.29) is 12.2 Å². The zero-order valence-electron chi connectivity index (χ0n) is 17.5. The molecule has 2 aromatic carbocycles. The van der Waals surface area contributed by atoms with E-state index in [0.29, 0.717) is 12.1 Å². The van der Waals surface area contributed by atoms with Gasteiger partial charge in [0.1, 0.15) is 24.2 Å². The van der Waals surface area contributed by atoms with Gasteiger partial charge in [-0.15, -0.1) is 0 Å². The summed E-state index contributed by atoms with van der Waals surface area (Å²) in [5, 5.41) is 2.63. The Kier molecular flexibility index (Phi) is 8.09. The zero-order chi connectivity index (χ0) is 23.2. The summed E-state index contributed by atoms with van der Waals surface area (Å²) in [6.07, 6.45) is 0.932. The number of carbonyl (C=O) groups is 2. The van der Waals surface area contributed by atoms with Crippen molar-refractivity contribution < 1.29 is 26.8 Å². The van der Waals surface area contributed by atoms with Crippen LogP contribution in [0.25, 0.3) is 0 Å². The predicted octanol–water partition coefficient (Wildman–Crippen LogP) is 2.28. The van der Waals surface area contributed by atoms with Crippen LogP contribution in [-0.2, 0) is 26.2 Å². The van der Waals surface area contributed by atoms with Crippen molar-refractivity contribution >= 4 is 27.5 Å². The highest BCUT2D eigenvalue weighted by Crippen LogP contribution is 2.19. The van der Waals surface area contributed by atoms with Gasteiger partial charge in [0.25, 0.3) is 0 Å². The Labute approximate surface area is 180 Å². The minimum atomic E-state index is -3.88. The lowest BCUT2D eigenvalue weighted by Gasteiger charge is -2.31. The molecule has 0 fully saturated rings. The highest BCUT2D eigenvalue weighted by molar-refractivity contribution is 7.92. The minimum Gasteiger partial charge on any atom is -0.355 e. The Morgan fingerprint density at radius 1 is 1.00 bits per heavy atom. The van der Waals surface area contributed by atoms with E-state index >= 15 is 0 Å². The van der Waals surface area contributed by atoms with E-state index in [2.05, 4.69) is 5.32 Å². The van der Waals surface area contributed by atoms with Crippen LogP contribution in [0.1, 0.15) is 19.4 Å². The summed E-state index contributed by atoms with van der Waals surface area (Å²) in [4.78, 5) is 26.8. The predicted molar refractivity (Wildman–Crippen MR) is 114 cm³/mol. The van der Waals surface area contributed by atoms with Gasteiger partial charge in [0, 0.05) is 13.1 Å². The maximum atomic E-state index is 13.3. The van der Waals surface area contributed by atoms with Gasteiger partial charge >= 0.3 is 0 Å². The summed E-state index contributed by atoms with van der Waals surface area (Å²) >= 11 is 0. The molecule has 1 atom stereocenters. The van der Waals surface area contributed by atoms with E-state index in [4.69, 9.17) is 0 Å². The highest BCUT2D eigenvalue weighted by atomic mass is 32.2. The minimum absolute atomic E-state index is 0.0293. The van der Waals surface area contributed by atoms with Gasteiger partial charge in [0.15, 0.2) is 0 Å². The van der Waals surface area contributed by atoms with Gasteiger partial charge < -0.3 is 10.2 Å². The van der Waals surface area contributed by atoms with Crippen LogP contribution in [0.15, 0.2) is 48.5 Å². The molecule has 0 heterocycles. The molecule has 0 unspecified atom stereocenters. The number of carbonyl (C=O) groups excluding carboxylic acids is 2. The molecule has 31 heavy (non-hydrogen) atoms. The van der Waals surface area contributed by atoms with Crippen molar-refractivity contribution in [3.8, 4) is 0 Å². The zero-order valence-corrected chi connectivity index (χ0v) is 18.3. The van der Waals surface area contributed by atoms with Crippen molar-refractivity contribution in [2.45, 2.75) is 26.4 Å². The molecule has 0 saturated carbocycles. The summed E-state index contributed by atoms with van der Waals surface area (Å²) in [7, 11) is -3.88. The highest BCUT2D eigenvalue weighted by Gasteiger charge is 2.29. The molecule has 2 rings (SSSR count). The summed E-state index contributed by atoms with van der Waals surface area (Å²) in [5.74, 6) is -2.05. The first-order valence-corrected chi connectivity index (χ1v) is 11.4. The standard InChI is InChI=1S/C21H25F2N3O4S/c1-4-24-21(28)15(2)25(13-16-5-7-17(22)8-6-16)20(27)14-26(31(3,29)30)19-11-9-18(23)10-12-19/h5-12,15H,4,13-14H2,1-3H3,(H,24,28)/t15-/m0/s1. The summed E-state index contributed by atoms with van der Waals surface area (Å²) < 4.78 is 52.0. The molecule has 0 bridgehead atoms. The molecule has 0 saturated heterocycles. The Balaban J connectivity index is 2.35. The van der Waals surface area contributed by atoms with Crippen LogP contribution < -0.4 is 9.62 Å². The number of amides is 2. The average Bonchev–Trinajstić information content (AvgIpc) is 2.71. The summed E-state index contributed by atoms with van der Waals surface area (Å²) in [6.45, 7) is 2.99. The summed E-state index contributed by atoms with van der Waals surface area (Å²) in [6, 6.07) is 9.20. The van der Waals surface area contributed by atoms with E-state index in [0.717, 1.165) is 22.7 Å². The largest absolute Gasteiger partial charge is 0.355 e. The Morgan fingerprint density at radius 2 is 1.52 bits per heavy atom. The molecule has 0 aromatic heterocycles. The van der Waals surface area contributed by atoms with Crippen molar-refractivity contribution in [2.24, 2.45) is 0 Å². The molecular weight excluding hydrogens is 428 g/mol. The smallest absolute Gasteiger partial charge is 0.244 e. The first kappa shape index (κ1) is 24.3. The molecule has 1 N–H and O–H groups in total. The van der Waals surface area contributed by atoms with Gasteiger partial charge in [-0.2, -0.15) is 0 Å². The van der Waals surface area contributed by atoms with Gasteiger partial charge in [0.2, 0.25) is 21.8 Å². The molecule has 10 heteroatoms. The van der Waals surface area contributed by atoms with Crippen LogP contribution in [0.3, 0.4) is 0 Å². The molecule has 0 radical (unpaired) electrons.